The number of aromatic nitrogens is 1. The average Bonchev–Trinajstić information content (AvgIpc) is 3.68. The van der Waals surface area contributed by atoms with Crippen LogP contribution in [0.4, 0.5) is 10.5 Å². The third-order valence-corrected chi connectivity index (χ3v) is 10.6. The quantitative estimate of drug-likeness (QED) is 0.245. The molecule has 0 atom stereocenters. The first kappa shape index (κ1) is 31.1. The van der Waals surface area contributed by atoms with Crippen LogP contribution in [-0.2, 0) is 11.2 Å². The summed E-state index contributed by atoms with van der Waals surface area (Å²) in [4.78, 5) is 40.9. The van der Waals surface area contributed by atoms with Crippen molar-refractivity contribution in [2.24, 2.45) is 11.1 Å². The largest absolute Gasteiger partial charge is 0.446 e. The number of carbonyl (C=O) groups is 3. The molecule has 3 aromatic rings. The maximum Gasteiger partial charge on any atom is 0.407 e. The van der Waals surface area contributed by atoms with E-state index in [0.717, 1.165) is 92.3 Å². The SMILES string of the molecule is CCC1(CC)CC(=O)n2c(c(-c3ccc(C(N)=O)c(NC4CCC(OC(=O)NCCN5CCCC5)CC4)c3)c3ccccc32)C1. The molecule has 1 saturated carbocycles. The number of nitrogens with two attached hydrogens (primary N) is 1. The molecule has 0 bridgehead atoms. The number of carbonyl (C=O) groups excluding carboxylic acids is 3. The van der Waals surface area contributed by atoms with Gasteiger partial charge in [0.05, 0.1) is 11.1 Å². The number of anilines is 1. The molecule has 45 heavy (non-hydrogen) atoms. The van der Waals surface area contributed by atoms with Crippen LogP contribution in [0, 0.1) is 5.41 Å². The van der Waals surface area contributed by atoms with Crippen LogP contribution >= 0.6 is 0 Å². The van der Waals surface area contributed by atoms with Crippen molar-refractivity contribution in [3.63, 3.8) is 0 Å². The Hall–Kier alpha value is -3.85. The molecule has 2 fully saturated rings. The molecule has 2 amide bonds. The Morgan fingerprint density at radius 2 is 1.73 bits per heavy atom. The highest BCUT2D eigenvalue weighted by atomic mass is 16.6. The summed E-state index contributed by atoms with van der Waals surface area (Å²) in [6, 6.07) is 14.0. The molecule has 6 rings (SSSR count). The van der Waals surface area contributed by atoms with Gasteiger partial charge >= 0.3 is 6.09 Å². The van der Waals surface area contributed by atoms with E-state index in [2.05, 4.69) is 35.4 Å². The lowest BCUT2D eigenvalue weighted by Gasteiger charge is -2.36. The number of amides is 2. The topological polar surface area (TPSA) is 119 Å². The Morgan fingerprint density at radius 1 is 1.00 bits per heavy atom. The Kier molecular flexibility index (Phi) is 9.17. The summed E-state index contributed by atoms with van der Waals surface area (Å²) in [5.74, 6) is -0.338. The molecule has 2 aliphatic heterocycles. The molecular weight excluding hydrogens is 566 g/mol. The molecule has 3 heterocycles. The fraction of sp³-hybridized carbons (Fsp3) is 0.528. The molecule has 0 radical (unpaired) electrons. The van der Waals surface area contributed by atoms with Gasteiger partial charge in [0.2, 0.25) is 5.91 Å². The maximum atomic E-state index is 13.6. The van der Waals surface area contributed by atoms with Gasteiger partial charge in [-0.15, -0.1) is 0 Å². The first-order valence-corrected chi connectivity index (χ1v) is 16.8. The van der Waals surface area contributed by atoms with Gasteiger partial charge in [-0.3, -0.25) is 14.2 Å². The standard InChI is InChI=1S/C36H47N5O4/c1-3-36(4-2)22-31-33(28-9-5-6-10-30(28)41(31)32(42)23-36)24-11-16-27(34(37)43)29(21-24)39-25-12-14-26(15-13-25)45-35(44)38-17-20-40-18-7-8-19-40/h5-6,9-11,16,21,25-26,39H,3-4,7-8,12-15,17-20,22-23H2,1-2H3,(H2,37,43)(H,38,44). The molecule has 0 spiro atoms. The number of rotatable bonds is 10. The second-order valence-corrected chi connectivity index (χ2v) is 13.3. The average molecular weight is 614 g/mol. The lowest BCUT2D eigenvalue weighted by Crippen LogP contribution is -2.37. The molecule has 240 valence electrons. The third-order valence-electron chi connectivity index (χ3n) is 10.6. The van der Waals surface area contributed by atoms with E-state index in [1.54, 1.807) is 6.07 Å². The number of likely N-dealkylation sites (tertiary alicyclic amines) is 1. The van der Waals surface area contributed by atoms with E-state index in [0.29, 0.717) is 24.2 Å². The minimum Gasteiger partial charge on any atom is -0.446 e. The van der Waals surface area contributed by atoms with Crippen LogP contribution < -0.4 is 16.4 Å². The summed E-state index contributed by atoms with van der Waals surface area (Å²) in [5.41, 5.74) is 10.9. The number of nitrogens with one attached hydrogen (secondary N) is 2. The predicted octanol–water partition coefficient (Wildman–Crippen LogP) is 6.35. The summed E-state index contributed by atoms with van der Waals surface area (Å²) >= 11 is 0. The number of hydrogen-bond donors (Lipinski definition) is 3. The molecule has 2 aromatic carbocycles. The molecule has 1 saturated heterocycles. The van der Waals surface area contributed by atoms with Crippen molar-refractivity contribution in [2.45, 2.75) is 90.2 Å². The number of ether oxygens (including phenoxy) is 1. The lowest BCUT2D eigenvalue weighted by atomic mass is 9.72. The zero-order valence-corrected chi connectivity index (χ0v) is 26.7. The van der Waals surface area contributed by atoms with Gasteiger partial charge in [-0.25, -0.2) is 4.79 Å². The number of alkyl carbamates (subject to hydrolysis) is 1. The number of primary amides is 1. The highest BCUT2D eigenvalue weighted by molar-refractivity contribution is 6.06. The molecule has 4 N–H and O–H groups in total. The first-order valence-electron chi connectivity index (χ1n) is 16.8. The minimum atomic E-state index is -0.485. The smallest absolute Gasteiger partial charge is 0.407 e. The number of hydrogen-bond acceptors (Lipinski definition) is 6. The van der Waals surface area contributed by atoms with Crippen molar-refractivity contribution < 1.29 is 19.1 Å². The van der Waals surface area contributed by atoms with E-state index in [9.17, 15) is 14.4 Å². The van der Waals surface area contributed by atoms with Gasteiger partial charge in [-0.2, -0.15) is 0 Å². The van der Waals surface area contributed by atoms with Gasteiger partial charge in [0.15, 0.2) is 0 Å². The number of fused-ring (bicyclic) bond motifs is 3. The highest BCUT2D eigenvalue weighted by Crippen LogP contribution is 2.46. The Balaban J connectivity index is 1.19. The Morgan fingerprint density at radius 3 is 2.44 bits per heavy atom. The van der Waals surface area contributed by atoms with Gasteiger partial charge in [0.1, 0.15) is 6.10 Å². The zero-order chi connectivity index (χ0) is 31.6. The minimum absolute atomic E-state index is 0.0596. The van der Waals surface area contributed by atoms with Crippen molar-refractivity contribution in [1.29, 1.82) is 0 Å². The first-order chi connectivity index (χ1) is 21.8. The van der Waals surface area contributed by atoms with Crippen molar-refractivity contribution in [3.05, 3.63) is 53.7 Å². The van der Waals surface area contributed by atoms with Crippen LogP contribution in [0.5, 0.6) is 0 Å². The highest BCUT2D eigenvalue weighted by Gasteiger charge is 2.39. The van der Waals surface area contributed by atoms with Crippen molar-refractivity contribution in [2.75, 3.05) is 31.5 Å². The maximum absolute atomic E-state index is 13.6. The molecule has 1 aromatic heterocycles. The van der Waals surface area contributed by atoms with Crippen LogP contribution in [0.3, 0.4) is 0 Å². The van der Waals surface area contributed by atoms with E-state index < -0.39 is 5.91 Å². The van der Waals surface area contributed by atoms with E-state index in [1.807, 2.05) is 34.9 Å². The molecular formula is C36H47N5O4. The monoisotopic (exact) mass is 613 g/mol. The van der Waals surface area contributed by atoms with E-state index in [4.69, 9.17) is 10.5 Å². The fourth-order valence-corrected chi connectivity index (χ4v) is 7.73. The van der Waals surface area contributed by atoms with Crippen molar-refractivity contribution >= 4 is 34.5 Å². The van der Waals surface area contributed by atoms with Crippen molar-refractivity contribution in [1.82, 2.24) is 14.8 Å². The van der Waals surface area contributed by atoms with Gasteiger partial charge in [-0.05, 0) is 100 Å². The molecule has 9 heteroatoms. The van der Waals surface area contributed by atoms with Gasteiger partial charge in [0, 0.05) is 47.9 Å². The van der Waals surface area contributed by atoms with E-state index >= 15 is 0 Å². The molecule has 1 aliphatic carbocycles. The summed E-state index contributed by atoms with van der Waals surface area (Å²) in [7, 11) is 0. The van der Waals surface area contributed by atoms with Crippen LogP contribution in [0.15, 0.2) is 42.5 Å². The summed E-state index contributed by atoms with van der Waals surface area (Å²) < 4.78 is 7.65. The van der Waals surface area contributed by atoms with Crippen molar-refractivity contribution in [3.8, 4) is 11.1 Å². The van der Waals surface area contributed by atoms with Gasteiger partial charge < -0.3 is 26.0 Å². The number of nitrogens with zero attached hydrogens (tertiary/aromatic N) is 2. The normalized spacial score (nSPS) is 21.4. The summed E-state index contributed by atoms with van der Waals surface area (Å²) in [6.45, 7) is 8.05. The van der Waals surface area contributed by atoms with E-state index in [-0.39, 0.29) is 29.6 Å². The summed E-state index contributed by atoms with van der Waals surface area (Å²) in [6.07, 6.45) is 8.37. The summed E-state index contributed by atoms with van der Waals surface area (Å²) in [5, 5.41) is 7.56. The van der Waals surface area contributed by atoms with Crippen LogP contribution in [0.25, 0.3) is 22.0 Å². The fourth-order valence-electron chi connectivity index (χ4n) is 7.73. The Bertz CT molecular complexity index is 1560. The zero-order valence-electron chi connectivity index (χ0n) is 26.7. The van der Waals surface area contributed by atoms with Gasteiger partial charge in [-0.1, -0.05) is 38.1 Å². The third kappa shape index (κ3) is 6.45. The predicted molar refractivity (Wildman–Crippen MR) is 178 cm³/mol. The van der Waals surface area contributed by atoms with Crippen LogP contribution in [0.1, 0.15) is 92.5 Å². The lowest BCUT2D eigenvalue weighted by molar-refractivity contribution is 0.0726. The molecule has 9 nitrogen and oxygen atoms in total. The second kappa shape index (κ2) is 13.3. The number of benzene rings is 2. The molecule has 3 aliphatic rings. The van der Waals surface area contributed by atoms with E-state index in [1.165, 1.54) is 12.8 Å². The number of para-hydroxylation sites is 1. The van der Waals surface area contributed by atoms with Crippen LogP contribution in [0.2, 0.25) is 0 Å². The second-order valence-electron chi connectivity index (χ2n) is 13.3. The Labute approximate surface area is 265 Å². The van der Waals surface area contributed by atoms with Crippen LogP contribution in [-0.4, -0.2) is 65.7 Å². The molecule has 0 unspecified atom stereocenters. The van der Waals surface area contributed by atoms with Gasteiger partial charge in [0.25, 0.3) is 5.91 Å².